The number of rotatable bonds is 8. The molecule has 0 aliphatic carbocycles. The van der Waals surface area contributed by atoms with Crippen molar-refractivity contribution in [1.82, 2.24) is 9.88 Å². The summed E-state index contributed by atoms with van der Waals surface area (Å²) in [5.41, 5.74) is 1.71. The molecule has 1 heterocycles. The molecule has 0 bridgehead atoms. The second kappa shape index (κ2) is 9.52. The van der Waals surface area contributed by atoms with Crippen LogP contribution in [0.15, 0.2) is 47.4 Å². The van der Waals surface area contributed by atoms with Crippen molar-refractivity contribution in [3.63, 3.8) is 0 Å². The third-order valence-electron chi connectivity index (χ3n) is 3.77. The van der Waals surface area contributed by atoms with Gasteiger partial charge in [-0.3, -0.25) is 4.79 Å². The summed E-state index contributed by atoms with van der Waals surface area (Å²) in [4.78, 5) is 23.5. The molecular formula is C19H25N3O3. The molecule has 0 saturated carbocycles. The first-order valence-corrected chi connectivity index (χ1v) is 8.54. The minimum absolute atomic E-state index is 0.000762. The van der Waals surface area contributed by atoms with Crippen LogP contribution in [0.25, 0.3) is 0 Å². The van der Waals surface area contributed by atoms with Gasteiger partial charge in [-0.05, 0) is 56.5 Å². The Hall–Kier alpha value is -2.76. The summed E-state index contributed by atoms with van der Waals surface area (Å²) in [6, 6.07) is 10.5. The van der Waals surface area contributed by atoms with Crippen molar-refractivity contribution in [2.45, 2.75) is 33.2 Å². The van der Waals surface area contributed by atoms with E-state index in [0.717, 1.165) is 29.8 Å². The Morgan fingerprint density at radius 1 is 1.20 bits per heavy atom. The number of urea groups is 1. The molecule has 0 aliphatic heterocycles. The van der Waals surface area contributed by atoms with Gasteiger partial charge in [-0.2, -0.15) is 0 Å². The van der Waals surface area contributed by atoms with Crippen LogP contribution in [0.4, 0.5) is 10.5 Å². The number of carbonyl (C=O) groups is 1. The van der Waals surface area contributed by atoms with Crippen LogP contribution in [0.3, 0.4) is 0 Å². The molecule has 1 aromatic heterocycles. The maximum Gasteiger partial charge on any atom is 0.319 e. The SMILES string of the molecule is CCOc1ccc(NC(=O)NCCCCn2ccccc2=O)c(C)c1. The summed E-state index contributed by atoms with van der Waals surface area (Å²) >= 11 is 0. The molecule has 2 amide bonds. The van der Waals surface area contributed by atoms with Crippen molar-refractivity contribution in [2.24, 2.45) is 0 Å². The Morgan fingerprint density at radius 2 is 2.04 bits per heavy atom. The van der Waals surface area contributed by atoms with E-state index in [0.29, 0.717) is 19.7 Å². The zero-order valence-corrected chi connectivity index (χ0v) is 14.7. The quantitative estimate of drug-likeness (QED) is 0.723. The predicted octanol–water partition coefficient (Wildman–Crippen LogP) is 3.16. The highest BCUT2D eigenvalue weighted by atomic mass is 16.5. The van der Waals surface area contributed by atoms with Gasteiger partial charge in [-0.1, -0.05) is 6.07 Å². The van der Waals surface area contributed by atoms with Crippen LogP contribution in [0.2, 0.25) is 0 Å². The highest BCUT2D eigenvalue weighted by molar-refractivity contribution is 5.90. The smallest absolute Gasteiger partial charge is 0.319 e. The minimum Gasteiger partial charge on any atom is -0.494 e. The lowest BCUT2D eigenvalue weighted by atomic mass is 10.2. The van der Waals surface area contributed by atoms with E-state index in [9.17, 15) is 9.59 Å². The number of hydrogen-bond acceptors (Lipinski definition) is 3. The van der Waals surface area contributed by atoms with Crippen LogP contribution in [0.5, 0.6) is 5.75 Å². The Labute approximate surface area is 147 Å². The molecule has 0 spiro atoms. The third-order valence-corrected chi connectivity index (χ3v) is 3.77. The van der Waals surface area contributed by atoms with Gasteiger partial charge in [0.1, 0.15) is 5.75 Å². The predicted molar refractivity (Wildman–Crippen MR) is 99.3 cm³/mol. The summed E-state index contributed by atoms with van der Waals surface area (Å²) in [5, 5.41) is 5.67. The molecule has 1 aromatic carbocycles. The fourth-order valence-electron chi connectivity index (χ4n) is 2.45. The first-order chi connectivity index (χ1) is 12.1. The van der Waals surface area contributed by atoms with E-state index in [1.54, 1.807) is 22.9 Å². The number of amides is 2. The second-order valence-corrected chi connectivity index (χ2v) is 5.73. The third kappa shape index (κ3) is 5.99. The molecular weight excluding hydrogens is 318 g/mol. The maximum atomic E-state index is 12.0. The van der Waals surface area contributed by atoms with Gasteiger partial charge < -0.3 is 19.9 Å². The summed E-state index contributed by atoms with van der Waals surface area (Å²) < 4.78 is 7.10. The minimum atomic E-state index is -0.232. The van der Waals surface area contributed by atoms with E-state index in [2.05, 4.69) is 10.6 Å². The van der Waals surface area contributed by atoms with Gasteiger partial charge >= 0.3 is 6.03 Å². The Balaban J connectivity index is 1.70. The standard InChI is InChI=1S/C19H25N3O3/c1-3-25-16-9-10-17(15(2)14-16)21-19(24)20-11-5-7-13-22-12-6-4-8-18(22)23/h4,6,8-10,12,14H,3,5,7,11,13H2,1-2H3,(H2,20,21,24). The van der Waals surface area contributed by atoms with Crippen LogP contribution < -0.4 is 20.9 Å². The van der Waals surface area contributed by atoms with Crippen LogP contribution in [0, 0.1) is 6.92 Å². The fraction of sp³-hybridized carbons (Fsp3) is 0.368. The van der Waals surface area contributed by atoms with E-state index in [1.807, 2.05) is 38.1 Å². The van der Waals surface area contributed by atoms with Gasteiger partial charge in [0.25, 0.3) is 0 Å². The number of carbonyl (C=O) groups excluding carboxylic acids is 1. The zero-order chi connectivity index (χ0) is 18.1. The number of aromatic nitrogens is 1. The summed E-state index contributed by atoms with van der Waals surface area (Å²) in [6.07, 6.45) is 3.40. The van der Waals surface area contributed by atoms with Gasteiger partial charge in [0.15, 0.2) is 0 Å². The normalized spacial score (nSPS) is 10.3. The lowest BCUT2D eigenvalue weighted by molar-refractivity contribution is 0.252. The van der Waals surface area contributed by atoms with Gasteiger partial charge in [-0.15, -0.1) is 0 Å². The molecule has 2 N–H and O–H groups in total. The van der Waals surface area contributed by atoms with Crippen molar-refractivity contribution in [1.29, 1.82) is 0 Å². The summed E-state index contributed by atoms with van der Waals surface area (Å²) in [6.45, 7) is 5.69. The number of benzene rings is 1. The number of nitrogens with one attached hydrogen (secondary N) is 2. The molecule has 2 aromatic rings. The largest absolute Gasteiger partial charge is 0.494 e. The molecule has 6 nitrogen and oxygen atoms in total. The van der Waals surface area contributed by atoms with Gasteiger partial charge in [0, 0.05) is 31.0 Å². The number of aryl methyl sites for hydroxylation is 2. The van der Waals surface area contributed by atoms with Crippen molar-refractivity contribution < 1.29 is 9.53 Å². The molecule has 0 atom stereocenters. The lowest BCUT2D eigenvalue weighted by Crippen LogP contribution is -2.30. The lowest BCUT2D eigenvalue weighted by Gasteiger charge is -2.11. The molecule has 2 rings (SSSR count). The van der Waals surface area contributed by atoms with Gasteiger partial charge in [0.2, 0.25) is 5.56 Å². The monoisotopic (exact) mass is 343 g/mol. The topological polar surface area (TPSA) is 72.4 Å². The van der Waals surface area contributed by atoms with Gasteiger partial charge in [0.05, 0.1) is 6.61 Å². The van der Waals surface area contributed by atoms with Crippen molar-refractivity contribution in [3.8, 4) is 5.75 Å². The van der Waals surface area contributed by atoms with Crippen molar-refractivity contribution in [3.05, 3.63) is 58.5 Å². The molecule has 0 aliphatic rings. The first-order valence-electron chi connectivity index (χ1n) is 8.54. The van der Waals surface area contributed by atoms with E-state index >= 15 is 0 Å². The van der Waals surface area contributed by atoms with E-state index in [-0.39, 0.29) is 11.6 Å². The second-order valence-electron chi connectivity index (χ2n) is 5.73. The van der Waals surface area contributed by atoms with Crippen molar-refractivity contribution in [2.75, 3.05) is 18.5 Å². The molecule has 0 unspecified atom stereocenters. The Kier molecular flexibility index (Phi) is 7.07. The van der Waals surface area contributed by atoms with E-state index in [4.69, 9.17) is 4.74 Å². The number of pyridine rings is 1. The van der Waals surface area contributed by atoms with E-state index in [1.165, 1.54) is 0 Å². The molecule has 25 heavy (non-hydrogen) atoms. The number of hydrogen-bond donors (Lipinski definition) is 2. The maximum absolute atomic E-state index is 12.0. The molecule has 134 valence electrons. The fourth-order valence-corrected chi connectivity index (χ4v) is 2.45. The summed E-state index contributed by atoms with van der Waals surface area (Å²) in [5.74, 6) is 0.794. The van der Waals surface area contributed by atoms with Crippen LogP contribution in [-0.4, -0.2) is 23.7 Å². The highest BCUT2D eigenvalue weighted by Gasteiger charge is 2.05. The highest BCUT2D eigenvalue weighted by Crippen LogP contribution is 2.21. The molecule has 6 heteroatoms. The number of unbranched alkanes of at least 4 members (excludes halogenated alkanes) is 1. The van der Waals surface area contributed by atoms with Crippen LogP contribution in [-0.2, 0) is 6.54 Å². The number of ether oxygens (including phenoxy) is 1. The Morgan fingerprint density at radius 3 is 2.76 bits per heavy atom. The molecule has 0 fully saturated rings. The van der Waals surface area contributed by atoms with Crippen LogP contribution >= 0.6 is 0 Å². The van der Waals surface area contributed by atoms with Crippen molar-refractivity contribution >= 4 is 11.7 Å². The molecule has 0 radical (unpaired) electrons. The average molecular weight is 343 g/mol. The van der Waals surface area contributed by atoms with Crippen LogP contribution in [0.1, 0.15) is 25.3 Å². The average Bonchev–Trinajstić information content (AvgIpc) is 2.59. The molecule has 0 saturated heterocycles. The first kappa shape index (κ1) is 18.6. The zero-order valence-electron chi connectivity index (χ0n) is 14.7. The van der Waals surface area contributed by atoms with E-state index < -0.39 is 0 Å². The number of anilines is 1. The van der Waals surface area contributed by atoms with Gasteiger partial charge in [-0.25, -0.2) is 4.79 Å². The summed E-state index contributed by atoms with van der Waals surface area (Å²) in [7, 11) is 0. The number of nitrogens with zero attached hydrogens (tertiary/aromatic N) is 1. The Bertz CT molecular complexity index is 756.